The lowest BCUT2D eigenvalue weighted by atomic mass is 10.1. The summed E-state index contributed by atoms with van der Waals surface area (Å²) in [5.74, 6) is -0.990. The third kappa shape index (κ3) is 3.21. The second-order valence-electron chi connectivity index (χ2n) is 5.33. The topological polar surface area (TPSA) is 71.7 Å². The van der Waals surface area contributed by atoms with Crippen molar-refractivity contribution in [3.63, 3.8) is 0 Å². The quantitative estimate of drug-likeness (QED) is 0.792. The fraction of sp³-hybridized carbons (Fsp3) is 0.0556. The molecule has 0 aliphatic heterocycles. The van der Waals surface area contributed by atoms with Gasteiger partial charge in [0.05, 0.1) is 16.3 Å². The van der Waals surface area contributed by atoms with E-state index in [1.165, 1.54) is 22.6 Å². The molecule has 2 heterocycles. The van der Waals surface area contributed by atoms with Crippen molar-refractivity contribution in [3.8, 4) is 0 Å². The highest BCUT2D eigenvalue weighted by Gasteiger charge is 2.07. The van der Waals surface area contributed by atoms with Crippen LogP contribution in [0.4, 0.5) is 0 Å². The number of rotatable bonds is 3. The highest BCUT2D eigenvalue weighted by atomic mass is 35.5. The van der Waals surface area contributed by atoms with Crippen molar-refractivity contribution in [1.29, 1.82) is 0 Å². The number of halogens is 1. The zero-order valence-electron chi connectivity index (χ0n) is 12.7. The Morgan fingerprint density at radius 2 is 1.92 bits per heavy atom. The number of aryl methyl sites for hydroxylation is 1. The first kappa shape index (κ1) is 16.0. The van der Waals surface area contributed by atoms with Gasteiger partial charge < -0.3 is 5.11 Å². The Balaban J connectivity index is 2.01. The zero-order chi connectivity index (χ0) is 17.3. The van der Waals surface area contributed by atoms with Gasteiger partial charge in [0.25, 0.3) is 5.56 Å². The predicted octanol–water partition coefficient (Wildman–Crippen LogP) is 3.44. The Kier molecular flexibility index (Phi) is 4.18. The number of carbonyl (C=O) groups is 1. The van der Waals surface area contributed by atoms with Gasteiger partial charge in [-0.1, -0.05) is 29.8 Å². The van der Waals surface area contributed by atoms with E-state index in [4.69, 9.17) is 16.7 Å². The number of benzene rings is 1. The Bertz CT molecular complexity index is 1020. The molecule has 0 saturated carbocycles. The molecule has 1 aromatic carbocycles. The third-order valence-electron chi connectivity index (χ3n) is 3.50. The first-order chi connectivity index (χ1) is 11.4. The van der Waals surface area contributed by atoms with Crippen molar-refractivity contribution < 1.29 is 9.90 Å². The monoisotopic (exact) mass is 340 g/mol. The van der Waals surface area contributed by atoms with Crippen LogP contribution in [0.3, 0.4) is 0 Å². The standard InChI is InChI=1S/C18H13ClN2O3/c1-11-2-7-16-20-15(9-17(22)21(16)10-11)14(19)8-12-3-5-13(6-4-12)18(23)24/h2-10H,1H3,(H,23,24). The fourth-order valence-corrected chi connectivity index (χ4v) is 2.50. The normalized spacial score (nSPS) is 11.7. The van der Waals surface area contributed by atoms with Gasteiger partial charge in [-0.2, -0.15) is 0 Å². The Hall–Kier alpha value is -2.92. The molecule has 0 bridgehead atoms. The van der Waals surface area contributed by atoms with E-state index in [1.807, 2.05) is 13.0 Å². The molecule has 0 saturated heterocycles. The van der Waals surface area contributed by atoms with Gasteiger partial charge in [-0.05, 0) is 42.3 Å². The molecule has 0 radical (unpaired) electrons. The van der Waals surface area contributed by atoms with Crippen LogP contribution in [0.2, 0.25) is 0 Å². The van der Waals surface area contributed by atoms with Crippen LogP contribution in [0.5, 0.6) is 0 Å². The van der Waals surface area contributed by atoms with Crippen LogP contribution in [0.25, 0.3) is 16.8 Å². The number of pyridine rings is 1. The van der Waals surface area contributed by atoms with E-state index in [0.717, 1.165) is 11.1 Å². The van der Waals surface area contributed by atoms with Crippen LogP contribution in [0.1, 0.15) is 27.2 Å². The highest BCUT2D eigenvalue weighted by Crippen LogP contribution is 2.20. The second kappa shape index (κ2) is 6.29. The summed E-state index contributed by atoms with van der Waals surface area (Å²) in [6.45, 7) is 1.90. The summed E-state index contributed by atoms with van der Waals surface area (Å²) in [5.41, 5.74) is 2.53. The number of nitrogens with zero attached hydrogens (tertiary/aromatic N) is 2. The Morgan fingerprint density at radius 3 is 2.58 bits per heavy atom. The number of aromatic carboxylic acids is 1. The first-order valence-electron chi connectivity index (χ1n) is 7.15. The summed E-state index contributed by atoms with van der Waals surface area (Å²) in [4.78, 5) is 27.4. The number of hydrogen-bond donors (Lipinski definition) is 1. The maximum Gasteiger partial charge on any atom is 0.335 e. The fourth-order valence-electron chi connectivity index (χ4n) is 2.27. The van der Waals surface area contributed by atoms with Gasteiger partial charge in [0, 0.05) is 12.3 Å². The summed E-state index contributed by atoms with van der Waals surface area (Å²) in [6.07, 6.45) is 3.36. The molecule has 2 aromatic heterocycles. The molecule has 0 amide bonds. The molecular weight excluding hydrogens is 328 g/mol. The smallest absolute Gasteiger partial charge is 0.335 e. The van der Waals surface area contributed by atoms with E-state index >= 15 is 0 Å². The van der Waals surface area contributed by atoms with Crippen LogP contribution in [-0.2, 0) is 0 Å². The molecule has 0 aliphatic rings. The molecule has 0 spiro atoms. The van der Waals surface area contributed by atoms with E-state index in [9.17, 15) is 9.59 Å². The summed E-state index contributed by atoms with van der Waals surface area (Å²) >= 11 is 6.28. The van der Waals surface area contributed by atoms with Gasteiger partial charge >= 0.3 is 5.97 Å². The van der Waals surface area contributed by atoms with Gasteiger partial charge in [0.1, 0.15) is 5.65 Å². The molecule has 1 N–H and O–H groups in total. The van der Waals surface area contributed by atoms with Crippen molar-refractivity contribution >= 4 is 34.3 Å². The molecule has 0 atom stereocenters. The van der Waals surface area contributed by atoms with Gasteiger partial charge in [-0.25, -0.2) is 9.78 Å². The minimum atomic E-state index is -0.990. The molecule has 0 aliphatic carbocycles. The van der Waals surface area contributed by atoms with Gasteiger partial charge in [0.2, 0.25) is 0 Å². The van der Waals surface area contributed by atoms with Crippen molar-refractivity contribution in [2.75, 3.05) is 0 Å². The Morgan fingerprint density at radius 1 is 1.21 bits per heavy atom. The van der Waals surface area contributed by atoms with E-state index in [2.05, 4.69) is 4.98 Å². The molecular formula is C18H13ClN2O3. The van der Waals surface area contributed by atoms with E-state index in [-0.39, 0.29) is 11.1 Å². The van der Waals surface area contributed by atoms with Crippen LogP contribution >= 0.6 is 11.6 Å². The van der Waals surface area contributed by atoms with E-state index in [0.29, 0.717) is 16.4 Å². The summed E-state index contributed by atoms with van der Waals surface area (Å²) in [7, 11) is 0. The second-order valence-corrected chi connectivity index (χ2v) is 5.74. The summed E-state index contributed by atoms with van der Waals surface area (Å²) < 4.78 is 1.46. The maximum absolute atomic E-state index is 12.2. The van der Waals surface area contributed by atoms with Gasteiger partial charge in [-0.3, -0.25) is 9.20 Å². The molecule has 0 unspecified atom stereocenters. The molecule has 24 heavy (non-hydrogen) atoms. The van der Waals surface area contributed by atoms with Gasteiger partial charge in [0.15, 0.2) is 0 Å². The third-order valence-corrected chi connectivity index (χ3v) is 3.81. The van der Waals surface area contributed by atoms with Crippen LogP contribution in [0, 0.1) is 6.92 Å². The van der Waals surface area contributed by atoms with Crippen LogP contribution < -0.4 is 5.56 Å². The maximum atomic E-state index is 12.2. The van der Waals surface area contributed by atoms with Crippen molar-refractivity contribution in [1.82, 2.24) is 9.38 Å². The lowest BCUT2D eigenvalue weighted by Gasteiger charge is -2.04. The van der Waals surface area contributed by atoms with Crippen molar-refractivity contribution in [2.45, 2.75) is 6.92 Å². The summed E-state index contributed by atoms with van der Waals surface area (Å²) in [5, 5.41) is 9.20. The van der Waals surface area contributed by atoms with Crippen molar-refractivity contribution in [3.05, 3.63) is 81.4 Å². The van der Waals surface area contributed by atoms with Crippen LogP contribution in [0.15, 0.2) is 53.5 Å². The number of aromatic nitrogens is 2. The molecule has 0 fully saturated rings. The van der Waals surface area contributed by atoms with Gasteiger partial charge in [-0.15, -0.1) is 0 Å². The number of carboxylic acid groups (broad SMARTS) is 1. The Labute approximate surface area is 142 Å². The minimum Gasteiger partial charge on any atom is -0.478 e. The molecule has 5 nitrogen and oxygen atoms in total. The lowest BCUT2D eigenvalue weighted by Crippen LogP contribution is -2.15. The average molecular weight is 341 g/mol. The molecule has 3 rings (SSSR count). The van der Waals surface area contributed by atoms with Crippen molar-refractivity contribution in [2.24, 2.45) is 0 Å². The zero-order valence-corrected chi connectivity index (χ0v) is 13.5. The summed E-state index contributed by atoms with van der Waals surface area (Å²) in [6, 6.07) is 11.3. The number of hydrogen-bond acceptors (Lipinski definition) is 3. The van der Waals surface area contributed by atoms with Crippen LogP contribution in [-0.4, -0.2) is 20.5 Å². The highest BCUT2D eigenvalue weighted by molar-refractivity contribution is 6.51. The number of fused-ring (bicyclic) bond motifs is 1. The molecule has 3 aromatic rings. The van der Waals surface area contributed by atoms with E-state index < -0.39 is 5.97 Å². The first-order valence-corrected chi connectivity index (χ1v) is 7.53. The predicted molar refractivity (Wildman–Crippen MR) is 93.3 cm³/mol. The van der Waals surface area contributed by atoms with E-state index in [1.54, 1.807) is 30.5 Å². The SMILES string of the molecule is Cc1ccc2nc(C(Cl)=Cc3ccc(C(=O)O)cc3)cc(=O)n2c1. The average Bonchev–Trinajstić information content (AvgIpc) is 2.55. The lowest BCUT2D eigenvalue weighted by molar-refractivity contribution is 0.0697. The minimum absolute atomic E-state index is 0.195. The molecule has 6 heteroatoms. The largest absolute Gasteiger partial charge is 0.478 e. The number of carboxylic acids is 1. The molecule has 120 valence electrons.